The van der Waals surface area contributed by atoms with E-state index in [0.717, 1.165) is 13.0 Å². The standard InChI is InChI=1S/C15H17N5O2S/c1-22-7-3-6-20-11-17-19-15(20)23-10-14(21)18-13-5-2-4-12(8-13)9-16/h2,4-5,8,11H,3,6-7,10H2,1H3,(H,18,21). The number of benzene rings is 1. The predicted molar refractivity (Wildman–Crippen MR) is 87.0 cm³/mol. The van der Waals surface area contributed by atoms with E-state index in [9.17, 15) is 4.79 Å². The number of carbonyl (C=O) groups excluding carboxylic acids is 1. The summed E-state index contributed by atoms with van der Waals surface area (Å²) in [6.45, 7) is 1.41. The molecule has 2 rings (SSSR count). The summed E-state index contributed by atoms with van der Waals surface area (Å²) in [6.07, 6.45) is 2.50. The molecular weight excluding hydrogens is 314 g/mol. The second kappa shape index (κ2) is 8.92. The number of methoxy groups -OCH3 is 1. The van der Waals surface area contributed by atoms with E-state index in [-0.39, 0.29) is 11.7 Å². The first-order valence-corrected chi connectivity index (χ1v) is 8.01. The molecule has 1 N–H and O–H groups in total. The van der Waals surface area contributed by atoms with Crippen molar-refractivity contribution in [3.8, 4) is 6.07 Å². The molecule has 2 aromatic rings. The lowest BCUT2D eigenvalue weighted by Gasteiger charge is -2.07. The van der Waals surface area contributed by atoms with Crippen LogP contribution in [0.4, 0.5) is 5.69 Å². The maximum atomic E-state index is 12.0. The van der Waals surface area contributed by atoms with Crippen molar-refractivity contribution in [1.29, 1.82) is 5.26 Å². The Labute approximate surface area is 138 Å². The van der Waals surface area contributed by atoms with Gasteiger partial charge >= 0.3 is 0 Å². The fourth-order valence-corrected chi connectivity index (χ4v) is 2.62. The third-order valence-electron chi connectivity index (χ3n) is 2.94. The topological polar surface area (TPSA) is 92.8 Å². The van der Waals surface area contributed by atoms with Gasteiger partial charge in [0.25, 0.3) is 0 Å². The first-order valence-electron chi connectivity index (χ1n) is 7.02. The van der Waals surface area contributed by atoms with Crippen molar-refractivity contribution in [2.75, 3.05) is 24.8 Å². The number of ether oxygens (including phenoxy) is 1. The molecule has 0 spiro atoms. The number of amides is 1. The molecule has 0 aliphatic heterocycles. The Hall–Kier alpha value is -2.37. The Morgan fingerprint density at radius 3 is 3.17 bits per heavy atom. The minimum atomic E-state index is -0.156. The van der Waals surface area contributed by atoms with Crippen molar-refractivity contribution in [1.82, 2.24) is 14.8 Å². The third-order valence-corrected chi connectivity index (χ3v) is 3.92. The van der Waals surface area contributed by atoms with E-state index < -0.39 is 0 Å². The lowest BCUT2D eigenvalue weighted by atomic mass is 10.2. The number of nitrogens with one attached hydrogen (secondary N) is 1. The number of thioether (sulfide) groups is 1. The average Bonchev–Trinajstić information content (AvgIpc) is 3.01. The molecule has 0 bridgehead atoms. The minimum Gasteiger partial charge on any atom is -0.385 e. The van der Waals surface area contributed by atoms with Crippen LogP contribution in [0.25, 0.3) is 0 Å². The number of aromatic nitrogens is 3. The van der Waals surface area contributed by atoms with Crippen LogP contribution in [0.15, 0.2) is 35.7 Å². The van der Waals surface area contributed by atoms with Gasteiger partial charge in [0.15, 0.2) is 5.16 Å². The molecular formula is C15H17N5O2S. The smallest absolute Gasteiger partial charge is 0.234 e. The van der Waals surface area contributed by atoms with Gasteiger partial charge in [0.2, 0.25) is 5.91 Å². The number of carbonyl (C=O) groups is 1. The van der Waals surface area contributed by atoms with Crippen LogP contribution in [0, 0.1) is 11.3 Å². The lowest BCUT2D eigenvalue weighted by molar-refractivity contribution is -0.113. The second-order valence-electron chi connectivity index (χ2n) is 4.68. The molecule has 7 nitrogen and oxygen atoms in total. The highest BCUT2D eigenvalue weighted by atomic mass is 32.2. The summed E-state index contributed by atoms with van der Waals surface area (Å²) in [7, 11) is 1.66. The second-order valence-corrected chi connectivity index (χ2v) is 5.63. The average molecular weight is 331 g/mol. The third kappa shape index (κ3) is 5.39. The Balaban J connectivity index is 1.85. The van der Waals surface area contributed by atoms with Gasteiger partial charge in [-0.1, -0.05) is 17.8 Å². The van der Waals surface area contributed by atoms with Gasteiger partial charge in [0.1, 0.15) is 6.33 Å². The van der Waals surface area contributed by atoms with E-state index in [1.807, 2.05) is 10.6 Å². The van der Waals surface area contributed by atoms with Crippen LogP contribution in [0.1, 0.15) is 12.0 Å². The molecule has 0 aliphatic carbocycles. The number of nitriles is 1. The summed E-state index contributed by atoms with van der Waals surface area (Å²) >= 11 is 1.32. The molecule has 23 heavy (non-hydrogen) atoms. The summed E-state index contributed by atoms with van der Waals surface area (Å²) in [4.78, 5) is 12.0. The van der Waals surface area contributed by atoms with Gasteiger partial charge in [0.05, 0.1) is 17.4 Å². The molecule has 0 saturated heterocycles. The highest BCUT2D eigenvalue weighted by Gasteiger charge is 2.09. The quantitative estimate of drug-likeness (QED) is 0.587. The number of hydrogen-bond acceptors (Lipinski definition) is 6. The van der Waals surface area contributed by atoms with Crippen molar-refractivity contribution >= 4 is 23.4 Å². The van der Waals surface area contributed by atoms with E-state index in [1.54, 1.807) is 37.7 Å². The Bertz CT molecular complexity index is 695. The van der Waals surface area contributed by atoms with Crippen LogP contribution >= 0.6 is 11.8 Å². The molecule has 0 fully saturated rings. The summed E-state index contributed by atoms with van der Waals surface area (Å²) in [6, 6.07) is 8.84. The number of anilines is 1. The lowest BCUT2D eigenvalue weighted by Crippen LogP contribution is -2.14. The van der Waals surface area contributed by atoms with Crippen molar-refractivity contribution < 1.29 is 9.53 Å². The number of nitrogens with zero attached hydrogens (tertiary/aromatic N) is 4. The minimum absolute atomic E-state index is 0.156. The van der Waals surface area contributed by atoms with Gasteiger partial charge in [-0.15, -0.1) is 10.2 Å². The largest absolute Gasteiger partial charge is 0.385 e. The molecule has 0 radical (unpaired) electrons. The predicted octanol–water partition coefficient (Wildman–Crippen LogP) is 1.92. The first kappa shape index (κ1) is 17.0. The molecule has 0 aliphatic rings. The van der Waals surface area contributed by atoms with Crippen LogP contribution < -0.4 is 5.32 Å². The maximum Gasteiger partial charge on any atom is 0.234 e. The molecule has 1 aromatic heterocycles. The van der Waals surface area contributed by atoms with Crippen molar-refractivity contribution in [3.05, 3.63) is 36.2 Å². The van der Waals surface area contributed by atoms with Crippen LogP contribution in [0.2, 0.25) is 0 Å². The maximum absolute atomic E-state index is 12.0. The van der Waals surface area contributed by atoms with Gasteiger partial charge in [-0.25, -0.2) is 0 Å². The fourth-order valence-electron chi connectivity index (χ4n) is 1.88. The van der Waals surface area contributed by atoms with Gasteiger partial charge in [-0.05, 0) is 24.6 Å². The van der Waals surface area contributed by atoms with Gasteiger partial charge in [-0.2, -0.15) is 5.26 Å². The monoisotopic (exact) mass is 331 g/mol. The van der Waals surface area contributed by atoms with Crippen LogP contribution in [-0.2, 0) is 16.1 Å². The zero-order valence-corrected chi connectivity index (χ0v) is 13.5. The van der Waals surface area contributed by atoms with E-state index in [0.29, 0.717) is 23.0 Å². The van der Waals surface area contributed by atoms with Crippen molar-refractivity contribution in [3.63, 3.8) is 0 Å². The highest BCUT2D eigenvalue weighted by Crippen LogP contribution is 2.16. The van der Waals surface area contributed by atoms with Gasteiger partial charge < -0.3 is 14.6 Å². The number of rotatable bonds is 8. The molecule has 8 heteroatoms. The summed E-state index contributed by atoms with van der Waals surface area (Å²) in [5, 5.41) is 20.2. The Morgan fingerprint density at radius 1 is 1.52 bits per heavy atom. The van der Waals surface area contributed by atoms with E-state index in [4.69, 9.17) is 10.00 Å². The molecule has 1 amide bonds. The van der Waals surface area contributed by atoms with Gasteiger partial charge in [-0.3, -0.25) is 4.79 Å². The molecule has 1 heterocycles. The van der Waals surface area contributed by atoms with E-state index in [2.05, 4.69) is 15.5 Å². The normalized spacial score (nSPS) is 10.3. The molecule has 0 saturated carbocycles. The SMILES string of the molecule is COCCCn1cnnc1SCC(=O)Nc1cccc(C#N)c1. The molecule has 1 aromatic carbocycles. The summed E-state index contributed by atoms with van der Waals surface area (Å²) in [5.41, 5.74) is 1.12. The highest BCUT2D eigenvalue weighted by molar-refractivity contribution is 7.99. The van der Waals surface area contributed by atoms with Crippen LogP contribution in [0.5, 0.6) is 0 Å². The van der Waals surface area contributed by atoms with Crippen molar-refractivity contribution in [2.45, 2.75) is 18.1 Å². The first-order chi connectivity index (χ1) is 11.2. The number of hydrogen-bond donors (Lipinski definition) is 1. The number of aryl methyl sites for hydroxylation is 1. The Morgan fingerprint density at radius 2 is 2.39 bits per heavy atom. The zero-order chi connectivity index (χ0) is 16.5. The van der Waals surface area contributed by atoms with Crippen LogP contribution in [-0.4, -0.2) is 40.1 Å². The van der Waals surface area contributed by atoms with Crippen molar-refractivity contribution in [2.24, 2.45) is 0 Å². The molecule has 0 unspecified atom stereocenters. The zero-order valence-electron chi connectivity index (χ0n) is 12.7. The summed E-state index contributed by atoms with van der Waals surface area (Å²) < 4.78 is 6.91. The van der Waals surface area contributed by atoms with E-state index >= 15 is 0 Å². The molecule has 120 valence electrons. The molecule has 0 atom stereocenters. The van der Waals surface area contributed by atoms with Crippen LogP contribution in [0.3, 0.4) is 0 Å². The fraction of sp³-hybridized carbons (Fsp3) is 0.333. The van der Waals surface area contributed by atoms with E-state index in [1.165, 1.54) is 11.8 Å². The Kier molecular flexibility index (Phi) is 6.59. The van der Waals surface area contributed by atoms with Gasteiger partial charge in [0, 0.05) is 25.9 Å². The summed E-state index contributed by atoms with van der Waals surface area (Å²) in [5.74, 6) is 0.0660.